The Morgan fingerprint density at radius 3 is 2.53 bits per heavy atom. The molecule has 0 aliphatic heterocycles. The highest BCUT2D eigenvalue weighted by Crippen LogP contribution is 2.26. The summed E-state index contributed by atoms with van der Waals surface area (Å²) in [5.74, 6) is -0.383. The van der Waals surface area contributed by atoms with Gasteiger partial charge in [-0.3, -0.25) is 23.9 Å². The van der Waals surface area contributed by atoms with Crippen LogP contribution in [0.3, 0.4) is 0 Å². The summed E-state index contributed by atoms with van der Waals surface area (Å²) in [6, 6.07) is 13.1. The summed E-state index contributed by atoms with van der Waals surface area (Å²) in [6.07, 6.45) is 5.66. The number of rotatable bonds is 6. The maximum Gasteiger partial charge on any atom is 0.294 e. The molecule has 1 N–H and O–H groups in total. The molecule has 4 rings (SSSR count). The van der Waals surface area contributed by atoms with Gasteiger partial charge in [-0.05, 0) is 49.4 Å². The molecular formula is C27H32N4O3. The minimum absolute atomic E-state index is 0.0473. The molecule has 2 aromatic carbocycles. The number of amides is 2. The Labute approximate surface area is 199 Å². The van der Waals surface area contributed by atoms with E-state index in [-0.39, 0.29) is 30.2 Å². The minimum atomic E-state index is -0.421. The lowest BCUT2D eigenvalue weighted by molar-refractivity contribution is -0.117. The topological polar surface area (TPSA) is 84.3 Å². The van der Waals surface area contributed by atoms with E-state index in [9.17, 15) is 14.4 Å². The number of nitrogens with zero attached hydrogens (tertiary/aromatic N) is 3. The third-order valence-corrected chi connectivity index (χ3v) is 6.65. The van der Waals surface area contributed by atoms with Crippen molar-refractivity contribution in [2.24, 2.45) is 0 Å². The number of hydrogen-bond donors (Lipinski definition) is 1. The van der Waals surface area contributed by atoms with Crippen molar-refractivity contribution in [3.05, 3.63) is 63.9 Å². The van der Waals surface area contributed by atoms with Crippen molar-refractivity contribution in [1.82, 2.24) is 9.55 Å². The monoisotopic (exact) mass is 460 g/mol. The first-order valence-corrected chi connectivity index (χ1v) is 12.1. The summed E-state index contributed by atoms with van der Waals surface area (Å²) in [6.45, 7) is 5.31. The molecule has 7 heteroatoms. The molecule has 1 aliphatic rings. The molecular weight excluding hydrogens is 428 g/mol. The Bertz CT molecular complexity index is 1270. The number of hydrogen-bond acceptors (Lipinski definition) is 4. The van der Waals surface area contributed by atoms with Crippen LogP contribution in [0.15, 0.2) is 47.3 Å². The van der Waals surface area contributed by atoms with Crippen LogP contribution in [-0.4, -0.2) is 27.4 Å². The Hall–Kier alpha value is -3.48. The molecule has 1 aliphatic carbocycles. The second-order valence-electron chi connectivity index (χ2n) is 9.01. The molecule has 1 fully saturated rings. The zero-order valence-electron chi connectivity index (χ0n) is 20.1. The van der Waals surface area contributed by atoms with E-state index in [1.54, 1.807) is 11.0 Å². The first-order chi connectivity index (χ1) is 16.4. The molecule has 1 saturated carbocycles. The van der Waals surface area contributed by atoms with Crippen LogP contribution >= 0.6 is 0 Å². The molecule has 34 heavy (non-hydrogen) atoms. The Kier molecular flexibility index (Phi) is 7.10. The van der Waals surface area contributed by atoms with Gasteiger partial charge < -0.3 is 5.32 Å². The predicted octanol–water partition coefficient (Wildman–Crippen LogP) is 4.59. The molecule has 0 spiro atoms. The average molecular weight is 461 g/mol. The summed E-state index contributed by atoms with van der Waals surface area (Å²) in [5, 5.41) is 3.01. The first kappa shape index (κ1) is 23.7. The molecule has 0 bridgehead atoms. The van der Waals surface area contributed by atoms with Crippen molar-refractivity contribution in [2.45, 2.75) is 71.9 Å². The quantitative estimate of drug-likeness (QED) is 0.583. The highest BCUT2D eigenvalue weighted by Gasteiger charge is 2.29. The van der Waals surface area contributed by atoms with Crippen molar-refractivity contribution < 1.29 is 9.59 Å². The van der Waals surface area contributed by atoms with E-state index in [4.69, 9.17) is 0 Å². The first-order valence-electron chi connectivity index (χ1n) is 12.1. The van der Waals surface area contributed by atoms with E-state index >= 15 is 0 Å². The minimum Gasteiger partial charge on any atom is -0.324 e. The SMILES string of the molecule is CCc1cccc(C)c1NC(=O)Cn1c(=O)c(N(C(C)=O)C2CCCCC2)nc2ccccc21. The number of anilines is 2. The van der Waals surface area contributed by atoms with Gasteiger partial charge >= 0.3 is 0 Å². The fourth-order valence-electron chi connectivity index (χ4n) is 4.94. The summed E-state index contributed by atoms with van der Waals surface area (Å²) >= 11 is 0. The Morgan fingerprint density at radius 2 is 1.82 bits per heavy atom. The van der Waals surface area contributed by atoms with Crippen molar-refractivity contribution >= 4 is 34.4 Å². The second-order valence-corrected chi connectivity index (χ2v) is 9.01. The van der Waals surface area contributed by atoms with Gasteiger partial charge in [0.25, 0.3) is 5.56 Å². The van der Waals surface area contributed by atoms with Gasteiger partial charge in [0.1, 0.15) is 6.54 Å². The fraction of sp³-hybridized carbons (Fsp3) is 0.407. The van der Waals surface area contributed by atoms with Crippen LogP contribution in [0.4, 0.5) is 11.5 Å². The number of carbonyl (C=O) groups is 2. The third kappa shape index (κ3) is 4.74. The number of fused-ring (bicyclic) bond motifs is 1. The molecule has 1 aromatic heterocycles. The van der Waals surface area contributed by atoms with E-state index in [1.807, 2.05) is 50.2 Å². The van der Waals surface area contributed by atoms with Gasteiger partial charge in [-0.25, -0.2) is 4.98 Å². The van der Waals surface area contributed by atoms with E-state index in [1.165, 1.54) is 11.5 Å². The van der Waals surface area contributed by atoms with E-state index < -0.39 is 5.56 Å². The average Bonchev–Trinajstić information content (AvgIpc) is 2.83. The highest BCUT2D eigenvalue weighted by atomic mass is 16.2. The molecule has 178 valence electrons. The van der Waals surface area contributed by atoms with Gasteiger partial charge in [0, 0.05) is 18.7 Å². The van der Waals surface area contributed by atoms with E-state index in [0.717, 1.165) is 55.3 Å². The largest absolute Gasteiger partial charge is 0.324 e. The summed E-state index contributed by atoms with van der Waals surface area (Å²) in [5.41, 5.74) is 3.53. The van der Waals surface area contributed by atoms with Gasteiger partial charge in [-0.15, -0.1) is 0 Å². The second kappa shape index (κ2) is 10.2. The van der Waals surface area contributed by atoms with Crippen molar-refractivity contribution in [3.8, 4) is 0 Å². The maximum atomic E-state index is 13.7. The molecule has 2 amide bonds. The van der Waals surface area contributed by atoms with Crippen LogP contribution in [0.2, 0.25) is 0 Å². The lowest BCUT2D eigenvalue weighted by Gasteiger charge is -2.32. The fourth-order valence-corrected chi connectivity index (χ4v) is 4.94. The standard InChI is InChI=1S/C27H32N4O3/c1-4-20-12-10-11-18(2)25(20)29-24(33)17-30-23-16-9-8-15-22(23)28-26(27(30)34)31(19(3)32)21-13-6-5-7-14-21/h8-12,15-16,21H,4-7,13-14,17H2,1-3H3,(H,29,33). The maximum absolute atomic E-state index is 13.7. The highest BCUT2D eigenvalue weighted by molar-refractivity contribution is 5.94. The van der Waals surface area contributed by atoms with Gasteiger partial charge in [0.15, 0.2) is 0 Å². The zero-order chi connectivity index (χ0) is 24.2. The summed E-state index contributed by atoms with van der Waals surface area (Å²) < 4.78 is 1.44. The molecule has 3 aromatic rings. The van der Waals surface area contributed by atoms with Gasteiger partial charge in [0.2, 0.25) is 17.6 Å². The molecule has 0 radical (unpaired) electrons. The number of nitrogens with one attached hydrogen (secondary N) is 1. The lowest BCUT2D eigenvalue weighted by Crippen LogP contribution is -2.45. The summed E-state index contributed by atoms with van der Waals surface area (Å²) in [7, 11) is 0. The van der Waals surface area contributed by atoms with Gasteiger partial charge in [0.05, 0.1) is 11.0 Å². The van der Waals surface area contributed by atoms with Crippen LogP contribution < -0.4 is 15.8 Å². The predicted molar refractivity (Wildman–Crippen MR) is 135 cm³/mol. The number of aryl methyl sites for hydroxylation is 2. The molecule has 7 nitrogen and oxygen atoms in total. The van der Waals surface area contributed by atoms with Crippen LogP contribution in [0, 0.1) is 6.92 Å². The molecule has 0 atom stereocenters. The number of aromatic nitrogens is 2. The smallest absolute Gasteiger partial charge is 0.294 e. The summed E-state index contributed by atoms with van der Waals surface area (Å²) in [4.78, 5) is 45.7. The van der Waals surface area contributed by atoms with Crippen LogP contribution in [0.1, 0.15) is 57.1 Å². The van der Waals surface area contributed by atoms with Crippen molar-refractivity contribution in [1.29, 1.82) is 0 Å². The Morgan fingerprint density at radius 1 is 1.09 bits per heavy atom. The van der Waals surface area contributed by atoms with Crippen molar-refractivity contribution in [3.63, 3.8) is 0 Å². The normalized spacial score (nSPS) is 14.2. The zero-order valence-corrected chi connectivity index (χ0v) is 20.1. The van der Waals surface area contributed by atoms with Crippen LogP contribution in [-0.2, 0) is 22.6 Å². The lowest BCUT2D eigenvalue weighted by atomic mass is 9.94. The molecule has 0 unspecified atom stereocenters. The van der Waals surface area contributed by atoms with Crippen molar-refractivity contribution in [2.75, 3.05) is 10.2 Å². The number of para-hydroxylation sites is 3. The van der Waals surface area contributed by atoms with E-state index in [0.29, 0.717) is 11.0 Å². The van der Waals surface area contributed by atoms with Gasteiger partial charge in [-0.1, -0.05) is 56.5 Å². The Balaban J connectivity index is 1.75. The van der Waals surface area contributed by atoms with E-state index in [2.05, 4.69) is 10.3 Å². The molecule has 0 saturated heterocycles. The van der Waals surface area contributed by atoms with Gasteiger partial charge in [-0.2, -0.15) is 0 Å². The number of benzene rings is 2. The van der Waals surface area contributed by atoms with Crippen LogP contribution in [0.25, 0.3) is 11.0 Å². The number of carbonyl (C=O) groups excluding carboxylic acids is 2. The van der Waals surface area contributed by atoms with Crippen LogP contribution in [0.5, 0.6) is 0 Å². The third-order valence-electron chi connectivity index (χ3n) is 6.65. The molecule has 1 heterocycles.